The molecule has 3 N–H and O–H groups in total. The Balaban J connectivity index is 1.69. The summed E-state index contributed by atoms with van der Waals surface area (Å²) in [6.45, 7) is 4.16. The van der Waals surface area contributed by atoms with Gasteiger partial charge < -0.3 is 15.5 Å². The van der Waals surface area contributed by atoms with Crippen molar-refractivity contribution in [2.24, 2.45) is 0 Å². The molecule has 0 spiro atoms. The van der Waals surface area contributed by atoms with Gasteiger partial charge in [-0.3, -0.25) is 0 Å². The SMILES string of the molecule is Cc1ccc(S(=O)(=O)c2ccc(C[C@@H](C)NC[C@H](O)c3cccc(Cl)c3)cc2)c(/C=C\C(=O)O)c1. The van der Waals surface area contributed by atoms with E-state index in [2.05, 4.69) is 5.32 Å². The van der Waals surface area contributed by atoms with Crippen molar-refractivity contribution in [1.29, 1.82) is 0 Å². The number of aliphatic hydroxyl groups excluding tert-OH is 1. The molecular formula is C27H28ClNO5S. The van der Waals surface area contributed by atoms with E-state index in [4.69, 9.17) is 16.7 Å². The summed E-state index contributed by atoms with van der Waals surface area (Å²) in [6, 6.07) is 18.6. The Morgan fingerprint density at radius 2 is 1.80 bits per heavy atom. The maximum Gasteiger partial charge on any atom is 0.328 e. The van der Waals surface area contributed by atoms with Crippen molar-refractivity contribution in [3.05, 3.63) is 100 Å². The summed E-state index contributed by atoms with van der Waals surface area (Å²) in [6.07, 6.45) is 2.17. The molecule has 0 aliphatic rings. The lowest BCUT2D eigenvalue weighted by molar-refractivity contribution is -0.131. The van der Waals surface area contributed by atoms with Crippen LogP contribution in [0.3, 0.4) is 0 Å². The molecule has 0 unspecified atom stereocenters. The van der Waals surface area contributed by atoms with E-state index in [1.54, 1.807) is 54.6 Å². The van der Waals surface area contributed by atoms with E-state index in [1.807, 2.05) is 19.9 Å². The number of benzene rings is 3. The second kappa shape index (κ2) is 11.6. The molecule has 0 aromatic heterocycles. The standard InChI is InChI=1S/C27H28ClNO5S/c1-18-6-12-26(22(14-18)9-13-27(31)32)35(33,34)24-10-7-20(8-11-24)15-19(2)29-17-25(30)21-4-3-5-23(28)16-21/h3-14,16,19,25,29-30H,15,17H2,1-2H3,(H,31,32)/b13-9-/t19-,25+/m1/s1. The van der Waals surface area contributed by atoms with E-state index < -0.39 is 21.9 Å². The van der Waals surface area contributed by atoms with Gasteiger partial charge in [0.2, 0.25) is 9.84 Å². The van der Waals surface area contributed by atoms with Gasteiger partial charge in [-0.05, 0) is 73.4 Å². The largest absolute Gasteiger partial charge is 0.478 e. The molecule has 0 radical (unpaired) electrons. The van der Waals surface area contributed by atoms with E-state index in [-0.39, 0.29) is 15.8 Å². The fraction of sp³-hybridized carbons (Fsp3) is 0.222. The van der Waals surface area contributed by atoms with Gasteiger partial charge in [-0.1, -0.05) is 53.6 Å². The van der Waals surface area contributed by atoms with Crippen LogP contribution in [-0.2, 0) is 21.1 Å². The molecule has 3 aromatic rings. The molecule has 0 saturated heterocycles. The van der Waals surface area contributed by atoms with Gasteiger partial charge in [-0.2, -0.15) is 0 Å². The van der Waals surface area contributed by atoms with Crippen molar-refractivity contribution >= 4 is 33.5 Å². The Labute approximate surface area is 210 Å². The highest BCUT2D eigenvalue weighted by Crippen LogP contribution is 2.26. The number of aryl methyl sites for hydroxylation is 1. The minimum atomic E-state index is -3.84. The van der Waals surface area contributed by atoms with Gasteiger partial charge in [-0.25, -0.2) is 13.2 Å². The minimum Gasteiger partial charge on any atom is -0.478 e. The van der Waals surface area contributed by atoms with Crippen LogP contribution in [0.4, 0.5) is 0 Å². The van der Waals surface area contributed by atoms with Gasteiger partial charge in [0.05, 0.1) is 15.9 Å². The van der Waals surface area contributed by atoms with Gasteiger partial charge in [0.15, 0.2) is 0 Å². The van der Waals surface area contributed by atoms with Crippen LogP contribution in [0.5, 0.6) is 0 Å². The molecule has 184 valence electrons. The third kappa shape index (κ3) is 7.26. The van der Waals surface area contributed by atoms with Crippen molar-refractivity contribution in [1.82, 2.24) is 5.32 Å². The molecule has 8 heteroatoms. The third-order valence-electron chi connectivity index (χ3n) is 5.53. The second-order valence-corrected chi connectivity index (χ2v) is 10.8. The molecule has 3 rings (SSSR count). The number of carboxylic acids is 1. The molecule has 0 aliphatic carbocycles. The molecule has 0 amide bonds. The number of hydrogen-bond donors (Lipinski definition) is 3. The number of rotatable bonds is 10. The predicted octanol–water partition coefficient (Wildman–Crippen LogP) is 4.83. The lowest BCUT2D eigenvalue weighted by atomic mass is 10.1. The number of halogens is 1. The molecule has 0 bridgehead atoms. The maximum absolute atomic E-state index is 13.2. The Hall–Kier alpha value is -2.97. The highest BCUT2D eigenvalue weighted by Gasteiger charge is 2.21. The van der Waals surface area contributed by atoms with Gasteiger partial charge in [-0.15, -0.1) is 0 Å². The first-order valence-corrected chi connectivity index (χ1v) is 12.9. The van der Waals surface area contributed by atoms with Crippen LogP contribution in [0.2, 0.25) is 5.02 Å². The van der Waals surface area contributed by atoms with Crippen molar-refractivity contribution in [3.63, 3.8) is 0 Å². The van der Waals surface area contributed by atoms with E-state index in [1.165, 1.54) is 12.1 Å². The number of aliphatic hydroxyl groups is 1. The molecule has 0 saturated carbocycles. The topological polar surface area (TPSA) is 104 Å². The van der Waals surface area contributed by atoms with Crippen LogP contribution >= 0.6 is 11.6 Å². The van der Waals surface area contributed by atoms with Crippen molar-refractivity contribution < 1.29 is 23.4 Å². The summed E-state index contributed by atoms with van der Waals surface area (Å²) in [4.78, 5) is 11.1. The van der Waals surface area contributed by atoms with Crippen LogP contribution in [-0.4, -0.2) is 37.2 Å². The number of nitrogens with one attached hydrogen (secondary N) is 1. The fourth-order valence-corrected chi connectivity index (χ4v) is 5.34. The predicted molar refractivity (Wildman–Crippen MR) is 137 cm³/mol. The molecule has 2 atom stereocenters. The monoisotopic (exact) mass is 513 g/mol. The molecule has 35 heavy (non-hydrogen) atoms. The van der Waals surface area contributed by atoms with E-state index in [0.717, 1.165) is 22.8 Å². The number of sulfone groups is 1. The zero-order valence-electron chi connectivity index (χ0n) is 19.5. The van der Waals surface area contributed by atoms with E-state index >= 15 is 0 Å². The van der Waals surface area contributed by atoms with Crippen LogP contribution in [0.25, 0.3) is 6.08 Å². The molecule has 0 fully saturated rings. The quantitative estimate of drug-likeness (QED) is 0.335. The fourth-order valence-electron chi connectivity index (χ4n) is 3.71. The van der Waals surface area contributed by atoms with Crippen molar-refractivity contribution in [3.8, 4) is 0 Å². The highest BCUT2D eigenvalue weighted by molar-refractivity contribution is 7.91. The lowest BCUT2D eigenvalue weighted by Crippen LogP contribution is -2.32. The summed E-state index contributed by atoms with van der Waals surface area (Å²) >= 11 is 5.99. The maximum atomic E-state index is 13.2. The number of carbonyl (C=O) groups is 1. The van der Waals surface area contributed by atoms with Crippen molar-refractivity contribution in [2.75, 3.05) is 6.54 Å². The Morgan fingerprint density at radius 3 is 2.46 bits per heavy atom. The van der Waals surface area contributed by atoms with E-state index in [0.29, 0.717) is 23.6 Å². The molecule has 3 aromatic carbocycles. The van der Waals surface area contributed by atoms with Crippen LogP contribution in [0, 0.1) is 6.92 Å². The van der Waals surface area contributed by atoms with Crippen LogP contribution < -0.4 is 5.32 Å². The van der Waals surface area contributed by atoms with E-state index in [9.17, 15) is 18.3 Å². The molecule has 6 nitrogen and oxygen atoms in total. The minimum absolute atomic E-state index is 0.0381. The average Bonchev–Trinajstić information content (AvgIpc) is 2.81. The summed E-state index contributed by atoms with van der Waals surface area (Å²) < 4.78 is 26.5. The first-order valence-electron chi connectivity index (χ1n) is 11.1. The van der Waals surface area contributed by atoms with Crippen molar-refractivity contribution in [2.45, 2.75) is 42.2 Å². The zero-order chi connectivity index (χ0) is 25.6. The summed E-state index contributed by atoms with van der Waals surface area (Å²) in [7, 11) is -3.84. The zero-order valence-corrected chi connectivity index (χ0v) is 21.1. The lowest BCUT2D eigenvalue weighted by Gasteiger charge is -2.18. The molecule has 0 aliphatic heterocycles. The normalized spacial score (nSPS) is 13.6. The van der Waals surface area contributed by atoms with Gasteiger partial charge in [0.1, 0.15) is 0 Å². The first kappa shape index (κ1) is 26.6. The molecular weight excluding hydrogens is 486 g/mol. The smallest absolute Gasteiger partial charge is 0.328 e. The average molecular weight is 514 g/mol. The summed E-state index contributed by atoms with van der Waals surface area (Å²) in [5, 5.41) is 23.2. The molecule has 0 heterocycles. The van der Waals surface area contributed by atoms with Gasteiger partial charge in [0, 0.05) is 23.7 Å². The first-order chi connectivity index (χ1) is 16.6. The number of hydrogen-bond acceptors (Lipinski definition) is 5. The third-order valence-corrected chi connectivity index (χ3v) is 7.61. The Bertz CT molecular complexity index is 1320. The highest BCUT2D eigenvalue weighted by atomic mass is 35.5. The summed E-state index contributed by atoms with van der Waals surface area (Å²) in [5.41, 5.74) is 2.83. The Kier molecular flexibility index (Phi) is 8.86. The summed E-state index contributed by atoms with van der Waals surface area (Å²) in [5.74, 6) is -1.15. The second-order valence-electron chi connectivity index (χ2n) is 8.44. The van der Waals surface area contributed by atoms with Gasteiger partial charge >= 0.3 is 5.97 Å². The number of carboxylic acid groups (broad SMARTS) is 1. The van der Waals surface area contributed by atoms with Crippen LogP contribution in [0.1, 0.15) is 35.3 Å². The Morgan fingerprint density at radius 1 is 1.09 bits per heavy atom. The van der Waals surface area contributed by atoms with Crippen LogP contribution in [0.15, 0.2) is 82.6 Å². The van der Waals surface area contributed by atoms with Gasteiger partial charge in [0.25, 0.3) is 0 Å². The number of aliphatic carboxylic acids is 1.